The number of carbonyl (C=O) groups is 1. The molecular weight excluding hydrogens is 354 g/mol. The predicted molar refractivity (Wildman–Crippen MR) is 126 cm³/mol. The van der Waals surface area contributed by atoms with E-state index in [0.29, 0.717) is 6.42 Å². The molecule has 0 saturated heterocycles. The molecule has 0 radical (unpaired) electrons. The maximum absolute atomic E-state index is 12.6. The molecule has 158 valence electrons. The molecule has 0 spiro atoms. The third-order valence-corrected chi connectivity index (χ3v) is 5.63. The molecule has 2 aromatic rings. The van der Waals surface area contributed by atoms with Gasteiger partial charge >= 0.3 is 0 Å². The van der Waals surface area contributed by atoms with Crippen LogP contribution >= 0.6 is 0 Å². The van der Waals surface area contributed by atoms with Gasteiger partial charge < -0.3 is 4.90 Å². The lowest BCUT2D eigenvalue weighted by Crippen LogP contribution is -2.16. The zero-order valence-corrected chi connectivity index (χ0v) is 18.5. The average molecular weight is 394 g/mol. The smallest absolute Gasteiger partial charge is 0.162 e. The van der Waals surface area contributed by atoms with Crippen LogP contribution in [0.3, 0.4) is 0 Å². The van der Waals surface area contributed by atoms with E-state index in [0.717, 1.165) is 24.2 Å². The van der Waals surface area contributed by atoms with Crippen LogP contribution in [0.2, 0.25) is 0 Å². The zero-order valence-electron chi connectivity index (χ0n) is 18.5. The number of carbonyl (C=O) groups excluding carboxylic acids is 1. The second kappa shape index (κ2) is 14.0. The first-order chi connectivity index (χ1) is 14.2. The van der Waals surface area contributed by atoms with E-state index in [9.17, 15) is 4.79 Å². The summed E-state index contributed by atoms with van der Waals surface area (Å²) in [6.07, 6.45) is 13.7. The van der Waals surface area contributed by atoms with Gasteiger partial charge in [0.05, 0.1) is 0 Å². The number of nitrogens with zero attached hydrogens (tertiary/aromatic N) is 1. The number of rotatable bonds is 15. The third-order valence-electron chi connectivity index (χ3n) is 5.63. The Morgan fingerprint density at radius 2 is 1.38 bits per heavy atom. The minimum absolute atomic E-state index is 0.277. The van der Waals surface area contributed by atoms with Gasteiger partial charge in [0.15, 0.2) is 5.78 Å². The van der Waals surface area contributed by atoms with Gasteiger partial charge in [-0.1, -0.05) is 107 Å². The Morgan fingerprint density at radius 3 is 2.03 bits per heavy atom. The molecule has 0 atom stereocenters. The van der Waals surface area contributed by atoms with Crippen molar-refractivity contribution < 1.29 is 4.79 Å². The minimum Gasteiger partial charge on any atom is -0.370 e. The third kappa shape index (κ3) is 9.30. The number of unbranched alkanes of at least 4 members (excludes halogenated alkanes) is 9. The zero-order chi connectivity index (χ0) is 20.7. The van der Waals surface area contributed by atoms with E-state index in [1.807, 2.05) is 24.3 Å². The van der Waals surface area contributed by atoms with Gasteiger partial charge in [-0.15, -0.1) is 0 Å². The van der Waals surface area contributed by atoms with Crippen molar-refractivity contribution in [1.82, 2.24) is 0 Å². The van der Waals surface area contributed by atoms with Crippen LogP contribution < -0.4 is 4.90 Å². The summed E-state index contributed by atoms with van der Waals surface area (Å²) in [5.74, 6) is 0.277. The van der Waals surface area contributed by atoms with E-state index in [1.165, 1.54) is 63.4 Å². The molecule has 0 aromatic heterocycles. The highest BCUT2D eigenvalue weighted by Gasteiger charge is 2.09. The lowest BCUT2D eigenvalue weighted by Gasteiger charge is -2.20. The van der Waals surface area contributed by atoms with Crippen molar-refractivity contribution in [3.63, 3.8) is 0 Å². The lowest BCUT2D eigenvalue weighted by molar-refractivity contribution is 0.0979. The summed E-state index contributed by atoms with van der Waals surface area (Å²) in [6.45, 7) is 3.11. The normalized spacial score (nSPS) is 10.8. The number of hydrogen-bond acceptors (Lipinski definition) is 2. The molecule has 0 N–H and O–H groups in total. The maximum Gasteiger partial charge on any atom is 0.162 e. The van der Waals surface area contributed by atoms with Crippen LogP contribution in [0.25, 0.3) is 0 Å². The molecule has 2 heteroatoms. The summed E-state index contributed by atoms with van der Waals surface area (Å²) in [7, 11) is 2.08. The summed E-state index contributed by atoms with van der Waals surface area (Å²) >= 11 is 0. The molecular formula is C27H39NO. The molecule has 0 saturated carbocycles. The highest BCUT2D eigenvalue weighted by molar-refractivity contribution is 5.96. The van der Waals surface area contributed by atoms with Crippen LogP contribution in [0.15, 0.2) is 54.6 Å². The van der Waals surface area contributed by atoms with Gasteiger partial charge in [-0.2, -0.15) is 0 Å². The molecule has 2 nitrogen and oxygen atoms in total. The molecule has 0 aliphatic heterocycles. The fourth-order valence-electron chi connectivity index (χ4n) is 3.78. The molecule has 0 heterocycles. The monoisotopic (exact) mass is 393 g/mol. The van der Waals surface area contributed by atoms with Gasteiger partial charge in [0.25, 0.3) is 0 Å². The second-order valence-corrected chi connectivity index (χ2v) is 8.25. The molecule has 0 bridgehead atoms. The van der Waals surface area contributed by atoms with E-state index in [2.05, 4.69) is 49.2 Å². The Morgan fingerprint density at radius 1 is 0.759 bits per heavy atom. The molecule has 0 unspecified atom stereocenters. The fourth-order valence-corrected chi connectivity index (χ4v) is 3.78. The second-order valence-electron chi connectivity index (χ2n) is 8.25. The number of anilines is 1. The first kappa shape index (κ1) is 23.2. The Labute approximate surface area is 178 Å². The molecule has 2 rings (SSSR count). The molecule has 0 fully saturated rings. The maximum atomic E-state index is 12.6. The number of Topliss-reactive ketones (excluding diaryl/α,β-unsaturated/α-hetero) is 1. The van der Waals surface area contributed by atoms with Crippen molar-refractivity contribution >= 4 is 11.5 Å². The molecule has 29 heavy (non-hydrogen) atoms. The van der Waals surface area contributed by atoms with Gasteiger partial charge in [0, 0.05) is 31.3 Å². The summed E-state index contributed by atoms with van der Waals surface area (Å²) in [4.78, 5) is 14.8. The molecule has 2 aromatic carbocycles. The quantitative estimate of drug-likeness (QED) is 0.227. The topological polar surface area (TPSA) is 20.3 Å². The van der Waals surface area contributed by atoms with E-state index in [1.54, 1.807) is 0 Å². The Balaban J connectivity index is 1.67. The lowest BCUT2D eigenvalue weighted by atomic mass is 10.0. The average Bonchev–Trinajstić information content (AvgIpc) is 2.75. The van der Waals surface area contributed by atoms with Crippen molar-refractivity contribution in [2.24, 2.45) is 0 Å². The number of benzene rings is 2. The summed E-state index contributed by atoms with van der Waals surface area (Å²) in [6, 6.07) is 18.5. The Bertz CT molecular complexity index is 695. The van der Waals surface area contributed by atoms with Crippen molar-refractivity contribution in [2.75, 3.05) is 11.9 Å². The van der Waals surface area contributed by atoms with Crippen LogP contribution in [0.4, 0.5) is 5.69 Å². The van der Waals surface area contributed by atoms with E-state index >= 15 is 0 Å². The molecule has 0 aliphatic carbocycles. The van der Waals surface area contributed by atoms with Crippen molar-refractivity contribution in [2.45, 2.75) is 84.1 Å². The van der Waals surface area contributed by atoms with E-state index < -0.39 is 0 Å². The van der Waals surface area contributed by atoms with Crippen LogP contribution in [-0.2, 0) is 6.54 Å². The van der Waals surface area contributed by atoms with Crippen LogP contribution in [0.1, 0.15) is 93.5 Å². The molecule has 0 aliphatic rings. The van der Waals surface area contributed by atoms with Gasteiger partial charge in [-0.3, -0.25) is 4.79 Å². The minimum atomic E-state index is 0.277. The summed E-state index contributed by atoms with van der Waals surface area (Å²) < 4.78 is 0. The summed E-state index contributed by atoms with van der Waals surface area (Å²) in [5, 5.41) is 0. The van der Waals surface area contributed by atoms with Gasteiger partial charge in [-0.05, 0) is 24.1 Å². The van der Waals surface area contributed by atoms with Crippen LogP contribution in [0.5, 0.6) is 0 Å². The molecule has 0 amide bonds. The first-order valence-electron chi connectivity index (χ1n) is 11.6. The number of hydrogen-bond donors (Lipinski definition) is 0. The van der Waals surface area contributed by atoms with E-state index in [4.69, 9.17) is 0 Å². The van der Waals surface area contributed by atoms with E-state index in [-0.39, 0.29) is 5.78 Å². The first-order valence-corrected chi connectivity index (χ1v) is 11.6. The van der Waals surface area contributed by atoms with Crippen molar-refractivity contribution in [3.05, 3.63) is 65.7 Å². The van der Waals surface area contributed by atoms with Gasteiger partial charge in [0.1, 0.15) is 0 Å². The fraction of sp³-hybridized carbons (Fsp3) is 0.519. The SMILES string of the molecule is CCCCCCCCCCCCC(=O)c1cccc(N(C)Cc2ccccc2)c1. The standard InChI is InChI=1S/C27H39NO/c1-3-4-5-6-7-8-9-10-11-15-21-27(29)25-19-16-20-26(22-25)28(2)23-24-17-13-12-14-18-24/h12-14,16-20,22H,3-11,15,21,23H2,1-2H3. The summed E-state index contributed by atoms with van der Waals surface area (Å²) in [5.41, 5.74) is 3.22. The predicted octanol–water partition coefficient (Wildman–Crippen LogP) is 7.82. The highest BCUT2D eigenvalue weighted by Crippen LogP contribution is 2.19. The largest absolute Gasteiger partial charge is 0.370 e. The van der Waals surface area contributed by atoms with Crippen molar-refractivity contribution in [1.29, 1.82) is 0 Å². The number of ketones is 1. The Hall–Kier alpha value is -2.09. The van der Waals surface area contributed by atoms with Crippen LogP contribution in [-0.4, -0.2) is 12.8 Å². The van der Waals surface area contributed by atoms with Crippen molar-refractivity contribution in [3.8, 4) is 0 Å². The van der Waals surface area contributed by atoms with Gasteiger partial charge in [-0.25, -0.2) is 0 Å². The Kier molecular flexibility index (Phi) is 11.2. The highest BCUT2D eigenvalue weighted by atomic mass is 16.1. The van der Waals surface area contributed by atoms with Gasteiger partial charge in [0.2, 0.25) is 0 Å². The van der Waals surface area contributed by atoms with Crippen LogP contribution in [0, 0.1) is 0 Å².